The molecule has 0 spiro atoms. The van der Waals surface area contributed by atoms with Crippen molar-refractivity contribution in [3.63, 3.8) is 0 Å². The van der Waals surface area contributed by atoms with E-state index in [1.54, 1.807) is 6.08 Å². The smallest absolute Gasteiger partial charge is 0.277 e. The monoisotopic (exact) mass is 429 g/mol. The van der Waals surface area contributed by atoms with Crippen LogP contribution >= 0.6 is 0 Å². The van der Waals surface area contributed by atoms with Crippen molar-refractivity contribution in [2.45, 2.75) is 52.0 Å². The Morgan fingerprint density at radius 3 is 2.74 bits per heavy atom. The minimum atomic E-state index is -0.516. The highest BCUT2D eigenvalue weighted by atomic mass is 16.5. The molecule has 2 saturated heterocycles. The van der Waals surface area contributed by atoms with Crippen molar-refractivity contribution in [1.82, 2.24) is 25.5 Å². The summed E-state index contributed by atoms with van der Waals surface area (Å²) in [5.74, 6) is -0.0382. The maximum absolute atomic E-state index is 12.4. The highest BCUT2D eigenvalue weighted by Gasteiger charge is 2.30. The van der Waals surface area contributed by atoms with Gasteiger partial charge in [-0.1, -0.05) is 26.8 Å². The Bertz CT molecular complexity index is 896. The molecule has 0 radical (unpaired) electrons. The van der Waals surface area contributed by atoms with Crippen LogP contribution in [0.2, 0.25) is 0 Å². The van der Waals surface area contributed by atoms with Crippen LogP contribution in [0.25, 0.3) is 6.08 Å². The molecule has 2 atom stereocenters. The van der Waals surface area contributed by atoms with Crippen LogP contribution in [0.15, 0.2) is 17.8 Å². The van der Waals surface area contributed by atoms with Gasteiger partial charge in [-0.2, -0.15) is 0 Å². The number of imidazole rings is 1. The number of nitrogens with one attached hydrogen (secondary N) is 3. The first kappa shape index (κ1) is 22.9. The fourth-order valence-corrected chi connectivity index (χ4v) is 3.88. The van der Waals surface area contributed by atoms with Crippen LogP contribution in [-0.4, -0.2) is 64.9 Å². The number of allylic oxidation sites excluding steroid dienone is 2. The molecule has 3 heterocycles. The van der Waals surface area contributed by atoms with Crippen molar-refractivity contribution in [3.05, 3.63) is 35.1 Å². The normalized spacial score (nSPS) is 22.4. The van der Waals surface area contributed by atoms with Gasteiger partial charge in [0.2, 0.25) is 11.8 Å². The number of hydrogen-bond acceptors (Lipinski definition) is 6. The second-order valence-corrected chi connectivity index (χ2v) is 8.12. The van der Waals surface area contributed by atoms with Crippen molar-refractivity contribution in [2.24, 2.45) is 0 Å². The number of nitrogens with zero attached hydrogens (tertiary/aromatic N) is 2. The molecule has 9 nitrogen and oxygen atoms in total. The number of aromatic amines is 1. The molecule has 168 valence electrons. The van der Waals surface area contributed by atoms with Gasteiger partial charge in [-0.3, -0.25) is 19.3 Å². The Morgan fingerprint density at radius 2 is 2.13 bits per heavy atom. The molecule has 3 rings (SSSR count). The Balaban J connectivity index is 1.84. The van der Waals surface area contributed by atoms with Crippen LogP contribution in [0, 0.1) is 0 Å². The second-order valence-electron chi connectivity index (χ2n) is 8.12. The van der Waals surface area contributed by atoms with E-state index in [4.69, 9.17) is 9.72 Å². The number of ether oxygens (including phenoxy) is 1. The zero-order valence-electron chi connectivity index (χ0n) is 18.5. The lowest BCUT2D eigenvalue weighted by atomic mass is 9.96. The van der Waals surface area contributed by atoms with Gasteiger partial charge in [0, 0.05) is 31.1 Å². The second kappa shape index (κ2) is 10.0. The van der Waals surface area contributed by atoms with Gasteiger partial charge in [-0.25, -0.2) is 4.98 Å². The van der Waals surface area contributed by atoms with E-state index in [-0.39, 0.29) is 30.1 Å². The number of amides is 3. The summed E-state index contributed by atoms with van der Waals surface area (Å²) < 4.78 is 5.63. The van der Waals surface area contributed by atoms with Gasteiger partial charge in [-0.15, -0.1) is 0 Å². The molecule has 1 aromatic rings. The molecule has 2 fully saturated rings. The average Bonchev–Trinajstić information content (AvgIpc) is 3.15. The van der Waals surface area contributed by atoms with Gasteiger partial charge in [-0.05, 0) is 24.5 Å². The van der Waals surface area contributed by atoms with E-state index in [0.29, 0.717) is 6.61 Å². The largest absolute Gasteiger partial charge is 0.378 e. The zero-order chi connectivity index (χ0) is 22.5. The molecule has 0 saturated carbocycles. The van der Waals surface area contributed by atoms with Crippen LogP contribution in [-0.2, 0) is 19.1 Å². The summed E-state index contributed by atoms with van der Waals surface area (Å²) in [6.07, 6.45) is 5.90. The van der Waals surface area contributed by atoms with E-state index in [9.17, 15) is 14.4 Å². The van der Waals surface area contributed by atoms with E-state index >= 15 is 0 Å². The first-order valence-electron chi connectivity index (χ1n) is 10.7. The Morgan fingerprint density at radius 1 is 1.35 bits per heavy atom. The third-order valence-corrected chi connectivity index (χ3v) is 5.53. The van der Waals surface area contributed by atoms with Crippen LogP contribution in [0.5, 0.6) is 0 Å². The Labute approximate surface area is 182 Å². The van der Waals surface area contributed by atoms with Gasteiger partial charge in [0.1, 0.15) is 18.1 Å². The van der Waals surface area contributed by atoms with Crippen LogP contribution in [0.1, 0.15) is 63.2 Å². The molecular formula is C22H31N5O4. The van der Waals surface area contributed by atoms with E-state index < -0.39 is 17.7 Å². The maximum Gasteiger partial charge on any atom is 0.277 e. The standard InChI is InChI=1S/C22H31N5O4/c1-5-15(18-12-31-10-9-23-18)21-25-16(20(26-21)13(2)3)7-6-8-17-22(30)27(14(4)28)11-19(29)24-17/h6-8,13,15,18,23H,5,9-12H2,1-4H3,(H,24,29)(H,25,26)/b7-6+,17-8-. The summed E-state index contributed by atoms with van der Waals surface area (Å²) in [6, 6.07) is 0.205. The summed E-state index contributed by atoms with van der Waals surface area (Å²) >= 11 is 0. The average molecular weight is 430 g/mol. The quantitative estimate of drug-likeness (QED) is 0.589. The minimum Gasteiger partial charge on any atom is -0.378 e. The predicted molar refractivity (Wildman–Crippen MR) is 116 cm³/mol. The van der Waals surface area contributed by atoms with Crippen molar-refractivity contribution in [2.75, 3.05) is 26.3 Å². The van der Waals surface area contributed by atoms with E-state index in [1.165, 1.54) is 13.0 Å². The fourth-order valence-electron chi connectivity index (χ4n) is 3.88. The number of aromatic nitrogens is 2. The third-order valence-electron chi connectivity index (χ3n) is 5.53. The maximum atomic E-state index is 12.4. The first-order valence-corrected chi connectivity index (χ1v) is 10.7. The molecule has 0 bridgehead atoms. The van der Waals surface area contributed by atoms with Crippen LogP contribution < -0.4 is 10.6 Å². The minimum absolute atomic E-state index is 0.0690. The fraction of sp³-hybridized carbons (Fsp3) is 0.545. The SMILES string of the molecule is CCC(c1nc(/C=C/C=C2\NC(=O)CN(C(C)=O)C2=O)c(C(C)C)[nH]1)C1COCCN1. The van der Waals surface area contributed by atoms with Gasteiger partial charge < -0.3 is 20.4 Å². The number of carbonyl (C=O) groups excluding carboxylic acids is 3. The number of piperazine rings is 1. The third kappa shape index (κ3) is 5.29. The molecular weight excluding hydrogens is 398 g/mol. The van der Waals surface area contributed by atoms with Gasteiger partial charge >= 0.3 is 0 Å². The van der Waals surface area contributed by atoms with Crippen molar-refractivity contribution < 1.29 is 19.1 Å². The van der Waals surface area contributed by atoms with E-state index in [1.807, 2.05) is 6.08 Å². The summed E-state index contributed by atoms with van der Waals surface area (Å²) in [6.45, 7) is 9.53. The highest BCUT2D eigenvalue weighted by molar-refractivity contribution is 6.10. The molecule has 3 amide bonds. The van der Waals surface area contributed by atoms with Crippen molar-refractivity contribution in [3.8, 4) is 0 Å². The van der Waals surface area contributed by atoms with Gasteiger partial charge in [0.05, 0.1) is 18.9 Å². The zero-order valence-corrected chi connectivity index (χ0v) is 18.5. The van der Waals surface area contributed by atoms with Crippen molar-refractivity contribution >= 4 is 23.8 Å². The number of morpholine rings is 1. The first-order chi connectivity index (χ1) is 14.8. The predicted octanol–water partition coefficient (Wildman–Crippen LogP) is 1.42. The van der Waals surface area contributed by atoms with E-state index in [0.717, 1.165) is 41.7 Å². The van der Waals surface area contributed by atoms with Crippen molar-refractivity contribution in [1.29, 1.82) is 0 Å². The molecule has 9 heteroatoms. The summed E-state index contributed by atoms with van der Waals surface area (Å²) in [5, 5.41) is 6.04. The molecule has 2 unspecified atom stereocenters. The van der Waals surface area contributed by atoms with Gasteiger partial charge in [0.15, 0.2) is 0 Å². The molecule has 2 aliphatic rings. The number of imide groups is 1. The molecule has 0 aliphatic carbocycles. The topological polar surface area (TPSA) is 116 Å². The molecule has 0 aromatic carbocycles. The Kier molecular flexibility index (Phi) is 7.40. The van der Waals surface area contributed by atoms with Crippen LogP contribution in [0.4, 0.5) is 0 Å². The number of rotatable bonds is 6. The molecule has 2 aliphatic heterocycles. The number of hydrogen-bond donors (Lipinski definition) is 3. The van der Waals surface area contributed by atoms with E-state index in [2.05, 4.69) is 36.4 Å². The molecule has 3 N–H and O–H groups in total. The molecule has 1 aromatic heterocycles. The summed E-state index contributed by atoms with van der Waals surface area (Å²) in [5.41, 5.74) is 1.86. The summed E-state index contributed by atoms with van der Waals surface area (Å²) in [7, 11) is 0. The van der Waals surface area contributed by atoms with Crippen LogP contribution in [0.3, 0.4) is 0 Å². The summed E-state index contributed by atoms with van der Waals surface area (Å²) in [4.78, 5) is 45.0. The lowest BCUT2D eigenvalue weighted by Gasteiger charge is -2.29. The molecule has 31 heavy (non-hydrogen) atoms. The highest BCUT2D eigenvalue weighted by Crippen LogP contribution is 2.27. The lowest BCUT2D eigenvalue weighted by molar-refractivity contribution is -0.147. The number of H-pyrrole nitrogens is 1. The van der Waals surface area contributed by atoms with Gasteiger partial charge in [0.25, 0.3) is 5.91 Å². The number of carbonyl (C=O) groups is 3. The Hall–Kier alpha value is -2.78. The lowest BCUT2D eigenvalue weighted by Crippen LogP contribution is -2.51.